The lowest BCUT2D eigenvalue weighted by Gasteiger charge is -2.11. The van der Waals surface area contributed by atoms with Crippen LogP contribution in [0.4, 0.5) is 18.9 Å². The van der Waals surface area contributed by atoms with Crippen molar-refractivity contribution in [3.8, 4) is 0 Å². The third-order valence-electron chi connectivity index (χ3n) is 1.85. The number of rotatable bonds is 4. The van der Waals surface area contributed by atoms with E-state index in [2.05, 4.69) is 15.9 Å². The maximum absolute atomic E-state index is 12.3. The summed E-state index contributed by atoms with van der Waals surface area (Å²) in [5, 5.41) is 0.119. The highest BCUT2D eigenvalue weighted by Crippen LogP contribution is 2.39. The zero-order chi connectivity index (χ0) is 13.1. The van der Waals surface area contributed by atoms with E-state index >= 15 is 0 Å². The molecule has 0 amide bonds. The Bertz CT molecular complexity index is 423. The predicted molar refractivity (Wildman–Crippen MR) is 65.3 cm³/mol. The predicted octanol–water partition coefficient (Wildman–Crippen LogP) is 3.39. The van der Waals surface area contributed by atoms with Crippen LogP contribution in [0.1, 0.15) is 5.56 Å². The number of anilines is 1. The van der Waals surface area contributed by atoms with Gasteiger partial charge in [-0.2, -0.15) is 13.2 Å². The number of alkyl halides is 4. The smallest absolute Gasteiger partial charge is 0.399 e. The van der Waals surface area contributed by atoms with Gasteiger partial charge in [0.2, 0.25) is 0 Å². The number of thioether (sulfide) groups is 1. The van der Waals surface area contributed by atoms with Gasteiger partial charge in [-0.1, -0.05) is 22.0 Å². The van der Waals surface area contributed by atoms with E-state index in [4.69, 9.17) is 5.73 Å². The van der Waals surface area contributed by atoms with E-state index in [1.54, 1.807) is 0 Å². The number of nitrogen functional groups attached to an aromatic ring is 1. The molecule has 0 saturated carbocycles. The van der Waals surface area contributed by atoms with E-state index in [1.807, 2.05) is 0 Å². The molecule has 0 aliphatic carbocycles. The molecule has 0 heterocycles. The monoisotopic (exact) mass is 327 g/mol. The highest BCUT2D eigenvalue weighted by atomic mass is 79.9. The second-order valence-electron chi connectivity index (χ2n) is 3.26. The Balaban J connectivity index is 2.99. The summed E-state index contributed by atoms with van der Waals surface area (Å²) in [6, 6.07) is 4.16. The van der Waals surface area contributed by atoms with Gasteiger partial charge in [0, 0.05) is 17.0 Å². The maximum atomic E-state index is 12.3. The number of hydrogen-bond acceptors (Lipinski definition) is 3. The van der Waals surface area contributed by atoms with Crippen LogP contribution in [0.3, 0.4) is 0 Å². The average molecular weight is 328 g/mol. The van der Waals surface area contributed by atoms with Crippen LogP contribution < -0.4 is 5.73 Å². The summed E-state index contributed by atoms with van der Waals surface area (Å²) in [6.45, 7) is 0. The van der Waals surface area contributed by atoms with Crippen LogP contribution in [-0.2, 0) is 11.2 Å². The molecule has 2 N–H and O–H groups in total. The zero-order valence-electron chi connectivity index (χ0n) is 8.55. The lowest BCUT2D eigenvalue weighted by molar-refractivity contribution is -0.115. The molecular formula is C10H9BrF3NOS. The fraction of sp³-hybridized carbons (Fsp3) is 0.300. The Morgan fingerprint density at radius 1 is 1.41 bits per heavy atom. The second kappa shape index (κ2) is 5.77. The van der Waals surface area contributed by atoms with Crippen LogP contribution >= 0.6 is 27.7 Å². The van der Waals surface area contributed by atoms with Crippen molar-refractivity contribution in [3.63, 3.8) is 0 Å². The molecule has 1 aromatic rings. The van der Waals surface area contributed by atoms with Crippen molar-refractivity contribution in [2.75, 3.05) is 11.1 Å². The molecule has 94 valence electrons. The van der Waals surface area contributed by atoms with Crippen LogP contribution in [0.25, 0.3) is 0 Å². The highest BCUT2D eigenvalue weighted by Gasteiger charge is 2.30. The number of benzene rings is 1. The lowest BCUT2D eigenvalue weighted by Crippen LogP contribution is -2.07. The Morgan fingerprint density at radius 2 is 2.06 bits per heavy atom. The summed E-state index contributed by atoms with van der Waals surface area (Å²) in [7, 11) is 0. The molecule has 2 nitrogen and oxygen atoms in total. The minimum atomic E-state index is -4.39. The molecule has 0 unspecified atom stereocenters. The van der Waals surface area contributed by atoms with Gasteiger partial charge in [-0.05, 0) is 29.5 Å². The number of ketones is 1. The van der Waals surface area contributed by atoms with E-state index in [0.717, 1.165) is 0 Å². The number of nitrogens with two attached hydrogens (primary N) is 1. The van der Waals surface area contributed by atoms with Crippen LogP contribution in [0.5, 0.6) is 0 Å². The molecule has 0 fully saturated rings. The minimum absolute atomic E-state index is 0.0215. The van der Waals surface area contributed by atoms with Crippen molar-refractivity contribution in [1.29, 1.82) is 0 Å². The van der Waals surface area contributed by atoms with Gasteiger partial charge >= 0.3 is 5.51 Å². The first kappa shape index (κ1) is 14.4. The van der Waals surface area contributed by atoms with E-state index in [-0.39, 0.29) is 39.9 Å². The molecule has 1 aromatic carbocycles. The van der Waals surface area contributed by atoms with E-state index in [0.29, 0.717) is 5.56 Å². The standard InChI is InChI=1S/C10H9BrF3NOS/c11-5-8(16)3-6-1-2-7(15)4-9(6)17-10(12,13)14/h1-2,4H,3,5,15H2. The van der Waals surface area contributed by atoms with Crippen LogP contribution in [-0.4, -0.2) is 16.6 Å². The zero-order valence-corrected chi connectivity index (χ0v) is 11.0. The summed E-state index contributed by atoms with van der Waals surface area (Å²) < 4.78 is 36.9. The summed E-state index contributed by atoms with van der Waals surface area (Å²) >= 11 is 2.72. The first-order valence-corrected chi connectivity index (χ1v) is 6.47. The van der Waals surface area contributed by atoms with Gasteiger partial charge in [0.1, 0.15) is 5.78 Å². The second-order valence-corrected chi connectivity index (χ2v) is 4.93. The van der Waals surface area contributed by atoms with E-state index < -0.39 is 5.51 Å². The largest absolute Gasteiger partial charge is 0.446 e. The molecular weight excluding hydrogens is 319 g/mol. The summed E-state index contributed by atoms with van der Waals surface area (Å²) in [5.41, 5.74) is 1.63. The number of carbonyl (C=O) groups is 1. The fourth-order valence-corrected chi connectivity index (χ4v) is 2.11. The molecule has 17 heavy (non-hydrogen) atoms. The number of Topliss-reactive ketones (excluding diaryl/α,β-unsaturated/α-hetero) is 1. The third-order valence-corrected chi connectivity index (χ3v) is 3.31. The quantitative estimate of drug-likeness (QED) is 0.523. The Labute approximate surface area is 109 Å². The van der Waals surface area contributed by atoms with E-state index in [1.165, 1.54) is 18.2 Å². The van der Waals surface area contributed by atoms with Crippen LogP contribution in [0, 0.1) is 0 Å². The van der Waals surface area contributed by atoms with Gasteiger partial charge < -0.3 is 5.73 Å². The van der Waals surface area contributed by atoms with Crippen molar-refractivity contribution in [1.82, 2.24) is 0 Å². The average Bonchev–Trinajstić information content (AvgIpc) is 2.19. The summed E-state index contributed by atoms with van der Waals surface area (Å²) in [5.74, 6) is -0.182. The van der Waals surface area contributed by atoms with Crippen molar-refractivity contribution in [3.05, 3.63) is 23.8 Å². The third kappa shape index (κ3) is 4.99. The van der Waals surface area contributed by atoms with Crippen molar-refractivity contribution < 1.29 is 18.0 Å². The van der Waals surface area contributed by atoms with Gasteiger partial charge in [0.25, 0.3) is 0 Å². The molecule has 0 aliphatic rings. The first-order valence-electron chi connectivity index (χ1n) is 4.53. The highest BCUT2D eigenvalue weighted by molar-refractivity contribution is 9.09. The molecule has 0 radical (unpaired) electrons. The molecule has 0 atom stereocenters. The molecule has 1 rings (SSSR count). The van der Waals surface area contributed by atoms with Crippen molar-refractivity contribution in [2.24, 2.45) is 0 Å². The summed E-state index contributed by atoms with van der Waals surface area (Å²) in [4.78, 5) is 11.2. The number of hydrogen-bond donors (Lipinski definition) is 1. The van der Waals surface area contributed by atoms with E-state index in [9.17, 15) is 18.0 Å². The van der Waals surface area contributed by atoms with Gasteiger partial charge in [0.15, 0.2) is 0 Å². The summed E-state index contributed by atoms with van der Waals surface area (Å²) in [6.07, 6.45) is -0.0378. The van der Waals surface area contributed by atoms with Gasteiger partial charge in [-0.3, -0.25) is 4.79 Å². The lowest BCUT2D eigenvalue weighted by atomic mass is 10.1. The Morgan fingerprint density at radius 3 is 2.59 bits per heavy atom. The molecule has 0 aromatic heterocycles. The topological polar surface area (TPSA) is 43.1 Å². The van der Waals surface area contributed by atoms with Gasteiger partial charge in [-0.15, -0.1) is 0 Å². The first-order chi connectivity index (χ1) is 7.81. The Hall–Kier alpha value is -0.690. The Kier molecular flexibility index (Phi) is 4.88. The molecule has 0 bridgehead atoms. The van der Waals surface area contributed by atoms with Gasteiger partial charge in [0.05, 0.1) is 5.33 Å². The molecule has 0 spiro atoms. The SMILES string of the molecule is Nc1ccc(CC(=O)CBr)c(SC(F)(F)F)c1. The van der Waals surface area contributed by atoms with Crippen molar-refractivity contribution in [2.45, 2.75) is 16.8 Å². The minimum Gasteiger partial charge on any atom is -0.399 e. The molecule has 0 saturated heterocycles. The van der Waals surface area contributed by atoms with Crippen molar-refractivity contribution >= 4 is 39.2 Å². The normalized spacial score (nSPS) is 11.5. The van der Waals surface area contributed by atoms with Gasteiger partial charge in [-0.25, -0.2) is 0 Å². The number of carbonyl (C=O) groups excluding carboxylic acids is 1. The molecule has 0 aliphatic heterocycles. The number of halogens is 4. The molecule has 7 heteroatoms. The van der Waals surface area contributed by atoms with Crippen LogP contribution in [0.2, 0.25) is 0 Å². The van der Waals surface area contributed by atoms with Crippen LogP contribution in [0.15, 0.2) is 23.1 Å². The maximum Gasteiger partial charge on any atom is 0.446 e. The fourth-order valence-electron chi connectivity index (χ4n) is 1.20.